The Morgan fingerprint density at radius 1 is 1.43 bits per heavy atom. The van der Waals surface area contributed by atoms with Crippen molar-refractivity contribution in [2.75, 3.05) is 20.4 Å². The van der Waals surface area contributed by atoms with Crippen molar-refractivity contribution in [3.63, 3.8) is 0 Å². The van der Waals surface area contributed by atoms with Crippen molar-refractivity contribution in [3.8, 4) is 0 Å². The number of hydrazine groups is 1. The zero-order valence-corrected chi connectivity index (χ0v) is 5.57. The third kappa shape index (κ3) is 2.87. The van der Waals surface area contributed by atoms with Crippen LogP contribution in [-0.2, 0) is 0 Å². The molecule has 0 aromatic heterocycles. The molecule has 7 heavy (non-hydrogen) atoms. The predicted molar refractivity (Wildman–Crippen MR) is 30.8 cm³/mol. The number of hydrogen-bond acceptors (Lipinski definition) is 4. The first kappa shape index (κ1) is 7.23. The molecule has 0 bridgehead atoms. The van der Waals surface area contributed by atoms with Gasteiger partial charge < -0.3 is 0 Å². The van der Waals surface area contributed by atoms with Gasteiger partial charge in [0, 0.05) is 20.4 Å². The molecule has 0 amide bonds. The minimum Gasteiger partial charge on any atom is -0.289 e. The van der Waals surface area contributed by atoms with Crippen molar-refractivity contribution in [3.05, 3.63) is 0 Å². The van der Waals surface area contributed by atoms with Gasteiger partial charge in [-0.2, -0.15) is 0 Å². The molecule has 0 aliphatic heterocycles. The van der Waals surface area contributed by atoms with E-state index >= 15 is 0 Å². The van der Waals surface area contributed by atoms with Crippen LogP contribution >= 0.6 is 11.9 Å². The molecule has 0 unspecified atom stereocenters. The maximum Gasteiger partial charge on any atom is 0.00468 e. The lowest BCUT2D eigenvalue weighted by Gasteiger charge is -2.17. The summed E-state index contributed by atoms with van der Waals surface area (Å²) < 4.78 is 1.04. The van der Waals surface area contributed by atoms with E-state index in [9.17, 15) is 0 Å². The molecule has 0 aliphatic carbocycles. The highest BCUT2D eigenvalue weighted by atomic mass is 32.2. The van der Waals surface area contributed by atoms with Gasteiger partial charge in [0.2, 0.25) is 0 Å². The molecule has 0 aliphatic rings. The van der Waals surface area contributed by atoms with E-state index in [2.05, 4.69) is 0 Å². The van der Waals surface area contributed by atoms with Gasteiger partial charge in [-0.05, 0) is 11.9 Å². The Bertz CT molecular complexity index is 50.2. The van der Waals surface area contributed by atoms with Gasteiger partial charge in [0.25, 0.3) is 0 Å². The number of rotatable bonds is 2. The molecule has 0 fully saturated rings. The molecule has 3 nitrogen and oxygen atoms in total. The SMILES string of the molecule is CSN(O)N(C)C. The summed E-state index contributed by atoms with van der Waals surface area (Å²) in [6.07, 6.45) is 1.79. The van der Waals surface area contributed by atoms with Crippen LogP contribution in [0.15, 0.2) is 0 Å². The van der Waals surface area contributed by atoms with E-state index in [0.717, 1.165) is 4.58 Å². The fourth-order valence-electron chi connectivity index (χ4n) is 0.163. The third-order valence-corrected chi connectivity index (χ3v) is 1.16. The zero-order valence-electron chi connectivity index (χ0n) is 4.75. The molecule has 0 saturated heterocycles. The maximum absolute atomic E-state index is 8.66. The second-order valence-corrected chi connectivity index (χ2v) is 1.97. The highest BCUT2D eigenvalue weighted by Gasteiger charge is 1.95. The highest BCUT2D eigenvalue weighted by Crippen LogP contribution is 1.99. The Labute approximate surface area is 48.0 Å². The van der Waals surface area contributed by atoms with Crippen LogP contribution in [0.1, 0.15) is 0 Å². The van der Waals surface area contributed by atoms with Gasteiger partial charge in [0.1, 0.15) is 0 Å². The van der Waals surface area contributed by atoms with E-state index in [1.54, 1.807) is 25.4 Å². The Hall–Kier alpha value is 0.230. The van der Waals surface area contributed by atoms with Crippen LogP contribution in [0.3, 0.4) is 0 Å². The second kappa shape index (κ2) is 3.26. The predicted octanol–water partition coefficient (Wildman–Crippen LogP) is 0.432. The lowest BCUT2D eigenvalue weighted by molar-refractivity contribution is -0.129. The Morgan fingerprint density at radius 3 is 1.86 bits per heavy atom. The van der Waals surface area contributed by atoms with Crippen LogP contribution in [0.25, 0.3) is 0 Å². The Kier molecular flexibility index (Phi) is 3.37. The lowest BCUT2D eigenvalue weighted by Crippen LogP contribution is -2.26. The molecule has 0 spiro atoms. The minimum absolute atomic E-state index is 1.04. The van der Waals surface area contributed by atoms with Crippen molar-refractivity contribution in [1.82, 2.24) is 9.59 Å². The third-order valence-electron chi connectivity index (χ3n) is 0.505. The average Bonchev–Trinajstić information content (AvgIpc) is 1.65. The van der Waals surface area contributed by atoms with Gasteiger partial charge >= 0.3 is 0 Å². The molecule has 0 aromatic carbocycles. The van der Waals surface area contributed by atoms with E-state index in [1.807, 2.05) is 0 Å². The molecule has 0 radical (unpaired) electrons. The molecule has 0 atom stereocenters. The van der Waals surface area contributed by atoms with Crippen LogP contribution in [0.4, 0.5) is 0 Å². The van der Waals surface area contributed by atoms with Gasteiger partial charge in [0.15, 0.2) is 0 Å². The first-order chi connectivity index (χ1) is 3.18. The summed E-state index contributed by atoms with van der Waals surface area (Å²) >= 11 is 1.25. The molecular weight excluding hydrogens is 112 g/mol. The Balaban J connectivity index is 3.14. The smallest absolute Gasteiger partial charge is 0.00468 e. The van der Waals surface area contributed by atoms with E-state index in [-0.39, 0.29) is 0 Å². The van der Waals surface area contributed by atoms with E-state index in [0.29, 0.717) is 0 Å². The average molecular weight is 122 g/mol. The maximum atomic E-state index is 8.66. The molecule has 1 N–H and O–H groups in total. The van der Waals surface area contributed by atoms with Gasteiger partial charge in [-0.1, -0.05) is 4.58 Å². The summed E-state index contributed by atoms with van der Waals surface area (Å²) in [5.41, 5.74) is 0. The first-order valence-corrected chi connectivity index (χ1v) is 3.07. The number of hydrogen-bond donors (Lipinski definition) is 1. The van der Waals surface area contributed by atoms with Gasteiger partial charge in [-0.3, -0.25) is 5.21 Å². The van der Waals surface area contributed by atoms with Crippen molar-refractivity contribution in [1.29, 1.82) is 0 Å². The summed E-state index contributed by atoms with van der Waals surface area (Å²) in [5, 5.41) is 10.2. The van der Waals surface area contributed by atoms with Gasteiger partial charge in [0.05, 0.1) is 0 Å². The lowest BCUT2D eigenvalue weighted by atomic mass is 11.2. The van der Waals surface area contributed by atoms with E-state index in [1.165, 1.54) is 11.9 Å². The van der Waals surface area contributed by atoms with Crippen LogP contribution < -0.4 is 0 Å². The highest BCUT2D eigenvalue weighted by molar-refractivity contribution is 7.96. The monoisotopic (exact) mass is 122 g/mol. The summed E-state index contributed by atoms with van der Waals surface area (Å²) in [6.45, 7) is 0. The van der Waals surface area contributed by atoms with Crippen molar-refractivity contribution < 1.29 is 5.21 Å². The van der Waals surface area contributed by atoms with Gasteiger partial charge in [-0.15, -0.1) is 0 Å². The molecule has 0 aromatic rings. The molecule has 0 saturated carbocycles. The molecule has 44 valence electrons. The van der Waals surface area contributed by atoms with Crippen LogP contribution in [0, 0.1) is 0 Å². The topological polar surface area (TPSA) is 26.7 Å². The molecule has 0 heterocycles. The second-order valence-electron chi connectivity index (χ2n) is 1.28. The molecule has 0 rings (SSSR count). The summed E-state index contributed by atoms with van der Waals surface area (Å²) in [6, 6.07) is 0. The normalized spacial score (nSPS) is 11.1. The fourth-order valence-corrected chi connectivity index (χ4v) is 0.490. The molecule has 4 heteroatoms. The standard InChI is InChI=1S/C3H10N2OS/c1-4(2)5(6)7-3/h6H,1-3H3. The Morgan fingerprint density at radius 2 is 1.86 bits per heavy atom. The van der Waals surface area contributed by atoms with E-state index in [4.69, 9.17) is 5.21 Å². The van der Waals surface area contributed by atoms with Crippen molar-refractivity contribution in [2.45, 2.75) is 0 Å². The fraction of sp³-hybridized carbons (Fsp3) is 1.00. The summed E-state index contributed by atoms with van der Waals surface area (Å²) in [7, 11) is 3.52. The van der Waals surface area contributed by atoms with Gasteiger partial charge in [-0.25, -0.2) is 5.01 Å². The summed E-state index contributed by atoms with van der Waals surface area (Å²) in [5.74, 6) is 0. The first-order valence-electron chi connectivity index (χ1n) is 1.89. The van der Waals surface area contributed by atoms with Crippen molar-refractivity contribution in [2.24, 2.45) is 0 Å². The minimum atomic E-state index is 1.04. The van der Waals surface area contributed by atoms with Crippen molar-refractivity contribution >= 4 is 11.9 Å². The van der Waals surface area contributed by atoms with E-state index < -0.39 is 0 Å². The van der Waals surface area contributed by atoms with Crippen LogP contribution in [0.5, 0.6) is 0 Å². The van der Waals surface area contributed by atoms with Crippen LogP contribution in [-0.4, -0.2) is 35.1 Å². The largest absolute Gasteiger partial charge is 0.289 e. The quantitative estimate of drug-likeness (QED) is 0.424. The van der Waals surface area contributed by atoms with Crippen LogP contribution in [0.2, 0.25) is 0 Å². The zero-order chi connectivity index (χ0) is 5.86. The molecular formula is C3H10N2OS. The summed E-state index contributed by atoms with van der Waals surface area (Å²) in [4.78, 5) is 0. The number of nitrogens with zero attached hydrogens (tertiary/aromatic N) is 2.